The molecule has 3 N–H and O–H groups in total. The molecule has 6 heteroatoms. The highest BCUT2D eigenvalue weighted by atomic mass is 79.9. The second kappa shape index (κ2) is 4.59. The summed E-state index contributed by atoms with van der Waals surface area (Å²) < 4.78 is 27.7. The molecule has 1 aromatic carbocycles. The lowest BCUT2D eigenvalue weighted by atomic mass is 9.94. The van der Waals surface area contributed by atoms with Gasteiger partial charge in [-0.15, -0.1) is 0 Å². The second-order valence-electron chi connectivity index (χ2n) is 4.37. The molecule has 0 heterocycles. The Morgan fingerprint density at radius 1 is 1.41 bits per heavy atom. The van der Waals surface area contributed by atoms with Crippen molar-refractivity contribution < 1.29 is 8.42 Å². The molecule has 0 unspecified atom stereocenters. The molecule has 0 radical (unpaired) electrons. The SMILES string of the molecule is Cc1c(N)cc(Br)cc1S(=O)(=O)NC1CCC1. The maximum atomic E-state index is 12.2. The molecular weight excluding hydrogens is 304 g/mol. The number of hydrogen-bond donors (Lipinski definition) is 2. The van der Waals surface area contributed by atoms with E-state index in [-0.39, 0.29) is 10.9 Å². The van der Waals surface area contributed by atoms with Crippen molar-refractivity contribution in [1.29, 1.82) is 0 Å². The number of hydrogen-bond acceptors (Lipinski definition) is 3. The minimum Gasteiger partial charge on any atom is -0.398 e. The van der Waals surface area contributed by atoms with E-state index in [0.717, 1.165) is 19.3 Å². The van der Waals surface area contributed by atoms with Gasteiger partial charge in [0.1, 0.15) is 0 Å². The third-order valence-electron chi connectivity index (χ3n) is 3.08. The van der Waals surface area contributed by atoms with Gasteiger partial charge < -0.3 is 5.73 Å². The van der Waals surface area contributed by atoms with Gasteiger partial charge in [0.15, 0.2) is 0 Å². The predicted octanol–water partition coefficient (Wildman–Crippen LogP) is 2.17. The van der Waals surface area contributed by atoms with Crippen molar-refractivity contribution in [2.75, 3.05) is 5.73 Å². The Morgan fingerprint density at radius 2 is 2.06 bits per heavy atom. The van der Waals surface area contributed by atoms with E-state index in [2.05, 4.69) is 20.7 Å². The third kappa shape index (κ3) is 2.64. The van der Waals surface area contributed by atoms with Crippen molar-refractivity contribution in [3.8, 4) is 0 Å². The van der Waals surface area contributed by atoms with Crippen LogP contribution in [0.25, 0.3) is 0 Å². The van der Waals surface area contributed by atoms with Crippen molar-refractivity contribution in [2.45, 2.75) is 37.1 Å². The van der Waals surface area contributed by atoms with Crippen LogP contribution in [-0.2, 0) is 10.0 Å². The van der Waals surface area contributed by atoms with Gasteiger partial charge in [-0.1, -0.05) is 22.4 Å². The van der Waals surface area contributed by atoms with Crippen molar-refractivity contribution in [3.05, 3.63) is 22.2 Å². The van der Waals surface area contributed by atoms with E-state index < -0.39 is 10.0 Å². The first kappa shape index (κ1) is 12.9. The lowest BCUT2D eigenvalue weighted by molar-refractivity contribution is 0.383. The molecule has 1 fully saturated rings. The average Bonchev–Trinajstić information content (AvgIpc) is 2.17. The Balaban J connectivity index is 2.38. The normalized spacial score (nSPS) is 16.8. The highest BCUT2D eigenvalue weighted by Gasteiger charge is 2.26. The fourth-order valence-corrected chi connectivity index (χ4v) is 3.99. The number of nitrogen functional groups attached to an aromatic ring is 1. The number of nitrogens with two attached hydrogens (primary N) is 1. The molecule has 4 nitrogen and oxygen atoms in total. The maximum absolute atomic E-state index is 12.2. The van der Waals surface area contributed by atoms with E-state index in [1.807, 2.05) is 0 Å². The summed E-state index contributed by atoms with van der Waals surface area (Å²) in [4.78, 5) is 0.260. The molecular formula is C11H15BrN2O2S. The Kier molecular flexibility index (Phi) is 3.47. The first-order chi connectivity index (χ1) is 7.90. The molecule has 0 saturated heterocycles. The largest absolute Gasteiger partial charge is 0.398 e. The molecule has 0 amide bonds. The van der Waals surface area contributed by atoms with Crippen LogP contribution < -0.4 is 10.5 Å². The van der Waals surface area contributed by atoms with Crippen molar-refractivity contribution in [3.63, 3.8) is 0 Å². The van der Waals surface area contributed by atoms with Crippen LogP contribution in [0.5, 0.6) is 0 Å². The zero-order valence-corrected chi connectivity index (χ0v) is 11.9. The number of benzene rings is 1. The fourth-order valence-electron chi connectivity index (χ4n) is 1.76. The average molecular weight is 319 g/mol. The molecule has 0 spiro atoms. The standard InChI is InChI=1S/C11H15BrN2O2S/c1-7-10(13)5-8(12)6-11(7)17(15,16)14-9-3-2-4-9/h5-6,9,14H,2-4,13H2,1H3. The van der Waals surface area contributed by atoms with Gasteiger partial charge in [0.25, 0.3) is 0 Å². The molecule has 1 aromatic rings. The van der Waals surface area contributed by atoms with Crippen molar-refractivity contribution in [2.24, 2.45) is 0 Å². The van der Waals surface area contributed by atoms with Gasteiger partial charge in [-0.3, -0.25) is 0 Å². The third-order valence-corrected chi connectivity index (χ3v) is 5.19. The van der Waals surface area contributed by atoms with E-state index >= 15 is 0 Å². The Hall–Kier alpha value is -0.590. The number of rotatable bonds is 3. The monoisotopic (exact) mass is 318 g/mol. The van der Waals surface area contributed by atoms with Crippen LogP contribution in [0, 0.1) is 6.92 Å². The molecule has 0 aromatic heterocycles. The summed E-state index contributed by atoms with van der Waals surface area (Å²) >= 11 is 3.26. The summed E-state index contributed by atoms with van der Waals surface area (Å²) in [5.74, 6) is 0. The zero-order valence-electron chi connectivity index (χ0n) is 9.53. The lowest BCUT2D eigenvalue weighted by Crippen LogP contribution is -2.39. The van der Waals surface area contributed by atoms with Crippen molar-refractivity contribution in [1.82, 2.24) is 4.72 Å². The Morgan fingerprint density at radius 3 is 2.59 bits per heavy atom. The van der Waals surface area contributed by atoms with Gasteiger partial charge in [-0.2, -0.15) is 0 Å². The van der Waals surface area contributed by atoms with Gasteiger partial charge in [0.05, 0.1) is 4.90 Å². The van der Waals surface area contributed by atoms with E-state index in [9.17, 15) is 8.42 Å². The number of sulfonamides is 1. The molecule has 2 rings (SSSR count). The van der Waals surface area contributed by atoms with Crippen LogP contribution >= 0.6 is 15.9 Å². The molecule has 17 heavy (non-hydrogen) atoms. The van der Waals surface area contributed by atoms with E-state index in [4.69, 9.17) is 5.73 Å². The van der Waals surface area contributed by atoms with Crippen LogP contribution in [-0.4, -0.2) is 14.5 Å². The quantitative estimate of drug-likeness (QED) is 0.839. The topological polar surface area (TPSA) is 72.2 Å². The minimum absolute atomic E-state index is 0.0830. The first-order valence-electron chi connectivity index (χ1n) is 5.48. The van der Waals surface area contributed by atoms with Crippen LogP contribution in [0.1, 0.15) is 24.8 Å². The van der Waals surface area contributed by atoms with Gasteiger partial charge >= 0.3 is 0 Å². The van der Waals surface area contributed by atoms with E-state index in [1.54, 1.807) is 19.1 Å². The van der Waals surface area contributed by atoms with E-state index in [1.165, 1.54) is 0 Å². The van der Waals surface area contributed by atoms with Crippen LogP contribution in [0.4, 0.5) is 5.69 Å². The molecule has 1 saturated carbocycles. The Labute approximate surface area is 110 Å². The highest BCUT2D eigenvalue weighted by Crippen LogP contribution is 2.28. The molecule has 1 aliphatic carbocycles. The zero-order chi connectivity index (χ0) is 12.6. The molecule has 94 valence electrons. The summed E-state index contributed by atoms with van der Waals surface area (Å²) in [5.41, 5.74) is 6.85. The maximum Gasteiger partial charge on any atom is 0.241 e. The van der Waals surface area contributed by atoms with Crippen molar-refractivity contribution >= 4 is 31.6 Å². The molecule has 0 aliphatic heterocycles. The fraction of sp³-hybridized carbons (Fsp3) is 0.455. The Bertz CT molecular complexity index is 539. The molecule has 1 aliphatic rings. The van der Waals surface area contributed by atoms with Crippen LogP contribution in [0.15, 0.2) is 21.5 Å². The lowest BCUT2D eigenvalue weighted by Gasteiger charge is -2.26. The highest BCUT2D eigenvalue weighted by molar-refractivity contribution is 9.10. The number of anilines is 1. The van der Waals surface area contributed by atoms with Gasteiger partial charge in [-0.05, 0) is 37.5 Å². The molecule has 0 atom stereocenters. The summed E-state index contributed by atoms with van der Waals surface area (Å²) in [6, 6.07) is 3.38. The number of halogens is 1. The second-order valence-corrected chi connectivity index (χ2v) is 6.97. The first-order valence-corrected chi connectivity index (χ1v) is 7.76. The minimum atomic E-state index is -3.46. The number of nitrogens with one attached hydrogen (secondary N) is 1. The predicted molar refractivity (Wildman–Crippen MR) is 71.3 cm³/mol. The van der Waals surface area contributed by atoms with Crippen LogP contribution in [0.2, 0.25) is 0 Å². The van der Waals surface area contributed by atoms with Gasteiger partial charge in [0, 0.05) is 16.2 Å². The summed E-state index contributed by atoms with van der Waals surface area (Å²) in [6.07, 6.45) is 2.93. The van der Waals surface area contributed by atoms with E-state index in [0.29, 0.717) is 15.7 Å². The summed E-state index contributed by atoms with van der Waals surface area (Å²) in [5, 5.41) is 0. The van der Waals surface area contributed by atoms with Gasteiger partial charge in [-0.25, -0.2) is 13.1 Å². The summed E-state index contributed by atoms with van der Waals surface area (Å²) in [7, 11) is -3.46. The van der Waals surface area contributed by atoms with Gasteiger partial charge in [0.2, 0.25) is 10.0 Å². The smallest absolute Gasteiger partial charge is 0.241 e. The van der Waals surface area contributed by atoms with Crippen LogP contribution in [0.3, 0.4) is 0 Å². The molecule has 0 bridgehead atoms. The summed E-state index contributed by atoms with van der Waals surface area (Å²) in [6.45, 7) is 1.72.